The number of aromatic hydroxyl groups is 2. The van der Waals surface area contributed by atoms with Gasteiger partial charge in [0.1, 0.15) is 28.9 Å². The van der Waals surface area contributed by atoms with E-state index in [0.29, 0.717) is 13.0 Å². The second-order valence-electron chi connectivity index (χ2n) is 7.45. The highest BCUT2D eigenvalue weighted by atomic mass is 19.4. The van der Waals surface area contributed by atoms with Gasteiger partial charge in [-0.15, -0.1) is 0 Å². The van der Waals surface area contributed by atoms with Crippen molar-refractivity contribution in [2.45, 2.75) is 31.2 Å². The van der Waals surface area contributed by atoms with Gasteiger partial charge in [-0.3, -0.25) is 4.79 Å². The van der Waals surface area contributed by atoms with Crippen molar-refractivity contribution in [1.29, 1.82) is 0 Å². The van der Waals surface area contributed by atoms with Crippen LogP contribution in [0.3, 0.4) is 0 Å². The molecule has 0 unspecified atom stereocenters. The van der Waals surface area contributed by atoms with E-state index in [2.05, 4.69) is 15.4 Å². The zero-order valence-electron chi connectivity index (χ0n) is 17.6. The lowest BCUT2D eigenvalue weighted by atomic mass is 10.1. The lowest BCUT2D eigenvalue weighted by Gasteiger charge is -2.26. The van der Waals surface area contributed by atoms with Crippen LogP contribution in [0.4, 0.5) is 13.2 Å². The number of hydrogen-bond acceptors (Lipinski definition) is 8. The van der Waals surface area contributed by atoms with Gasteiger partial charge in [-0.2, -0.15) is 13.2 Å². The monoisotopic (exact) mass is 482 g/mol. The van der Waals surface area contributed by atoms with Crippen LogP contribution < -0.4 is 15.4 Å². The third-order valence-corrected chi connectivity index (χ3v) is 5.01. The molecular weight excluding hydrogens is 461 g/mol. The molecule has 1 aliphatic heterocycles. The summed E-state index contributed by atoms with van der Waals surface area (Å²) in [5.41, 5.74) is -0.319. The molecule has 1 saturated heterocycles. The zero-order valence-corrected chi connectivity index (χ0v) is 17.6. The third-order valence-electron chi connectivity index (χ3n) is 5.01. The van der Waals surface area contributed by atoms with Crippen LogP contribution in [0.25, 0.3) is 0 Å². The van der Waals surface area contributed by atoms with Gasteiger partial charge in [0.15, 0.2) is 0 Å². The molecule has 0 bridgehead atoms. The molecule has 3 rings (SSSR count). The molecule has 4 N–H and O–H groups in total. The molecule has 2 aromatic carbocycles. The van der Waals surface area contributed by atoms with E-state index >= 15 is 0 Å². The number of esters is 2. The average molecular weight is 482 g/mol. The maximum absolute atomic E-state index is 12.6. The SMILES string of the molecule is O=C(N[C@H]1CNCCC[C@H]1OC(=O)C(F)(F)F)c1ccc(OC(=O)c2c(O)cccc2O)cc1. The Bertz CT molecular complexity index is 1040. The number of amides is 1. The number of phenolic OH excluding ortho intramolecular Hbond substituents is 2. The summed E-state index contributed by atoms with van der Waals surface area (Å²) in [4.78, 5) is 36.1. The first-order valence-electron chi connectivity index (χ1n) is 10.2. The molecule has 0 saturated carbocycles. The Balaban J connectivity index is 1.66. The van der Waals surface area contributed by atoms with Crippen LogP contribution in [0.15, 0.2) is 42.5 Å². The summed E-state index contributed by atoms with van der Waals surface area (Å²) in [5.74, 6) is -4.92. The maximum Gasteiger partial charge on any atom is 0.490 e. The van der Waals surface area contributed by atoms with Gasteiger partial charge in [0.2, 0.25) is 0 Å². The Morgan fingerprint density at radius 3 is 2.29 bits per heavy atom. The van der Waals surface area contributed by atoms with E-state index in [1.165, 1.54) is 42.5 Å². The van der Waals surface area contributed by atoms with Crippen LogP contribution in [0.1, 0.15) is 33.6 Å². The predicted octanol–water partition coefficient (Wildman–Crippen LogP) is 2.27. The quantitative estimate of drug-likeness (QED) is 0.377. The van der Waals surface area contributed by atoms with Gasteiger partial charge >= 0.3 is 18.1 Å². The molecule has 1 fully saturated rings. The molecule has 0 spiro atoms. The van der Waals surface area contributed by atoms with Gasteiger partial charge in [-0.1, -0.05) is 6.07 Å². The number of phenols is 2. The van der Waals surface area contributed by atoms with Crippen LogP contribution in [0.2, 0.25) is 0 Å². The lowest BCUT2D eigenvalue weighted by molar-refractivity contribution is -0.206. The number of halogens is 3. The molecule has 12 heteroatoms. The number of benzene rings is 2. The standard InChI is InChI=1S/C22H21F3N2O7/c23-22(24,25)21(32)34-17-5-2-10-26-11-14(17)27-19(30)12-6-8-13(9-7-12)33-20(31)18-15(28)3-1-4-16(18)29/h1,3-4,6-9,14,17,26,28-29H,2,5,10-11H2,(H,27,30)/t14-,17+/m0/s1. The molecule has 1 aliphatic rings. The number of carbonyl (C=O) groups is 3. The largest absolute Gasteiger partial charge is 0.507 e. The van der Waals surface area contributed by atoms with E-state index in [-0.39, 0.29) is 24.3 Å². The summed E-state index contributed by atoms with van der Waals surface area (Å²) in [7, 11) is 0. The first-order chi connectivity index (χ1) is 16.1. The molecule has 2 atom stereocenters. The summed E-state index contributed by atoms with van der Waals surface area (Å²) in [6.45, 7) is 0.584. The maximum atomic E-state index is 12.6. The van der Waals surface area contributed by atoms with Gasteiger partial charge in [-0.05, 0) is 55.8 Å². The molecule has 34 heavy (non-hydrogen) atoms. The van der Waals surface area contributed by atoms with Crippen LogP contribution >= 0.6 is 0 Å². The molecule has 1 heterocycles. The van der Waals surface area contributed by atoms with E-state index in [1.54, 1.807) is 0 Å². The van der Waals surface area contributed by atoms with E-state index in [4.69, 9.17) is 4.74 Å². The Hall–Kier alpha value is -3.80. The van der Waals surface area contributed by atoms with Crippen LogP contribution in [-0.4, -0.2) is 59.5 Å². The fraction of sp³-hybridized carbons (Fsp3) is 0.318. The van der Waals surface area contributed by atoms with Crippen molar-refractivity contribution in [2.24, 2.45) is 0 Å². The smallest absolute Gasteiger partial charge is 0.490 e. The molecule has 2 aromatic rings. The van der Waals surface area contributed by atoms with Gasteiger partial charge in [0.25, 0.3) is 5.91 Å². The minimum Gasteiger partial charge on any atom is -0.507 e. The molecule has 182 valence electrons. The minimum absolute atomic E-state index is 0.0114. The highest BCUT2D eigenvalue weighted by Gasteiger charge is 2.43. The van der Waals surface area contributed by atoms with E-state index < -0.39 is 53.2 Å². The molecule has 1 amide bonds. The van der Waals surface area contributed by atoms with E-state index in [0.717, 1.165) is 0 Å². The number of hydrogen-bond donors (Lipinski definition) is 4. The van der Waals surface area contributed by atoms with Crippen molar-refractivity contribution in [1.82, 2.24) is 10.6 Å². The number of alkyl halides is 3. The van der Waals surface area contributed by atoms with Gasteiger partial charge in [0.05, 0.1) is 6.04 Å². The molecular formula is C22H21F3N2O7. The summed E-state index contributed by atoms with van der Waals surface area (Å²) in [6.07, 6.45) is -5.73. The molecule has 0 radical (unpaired) electrons. The van der Waals surface area contributed by atoms with Gasteiger partial charge < -0.3 is 30.3 Å². The Morgan fingerprint density at radius 1 is 1.03 bits per heavy atom. The van der Waals surface area contributed by atoms with E-state index in [1.807, 2.05) is 0 Å². The molecule has 0 aromatic heterocycles. The van der Waals surface area contributed by atoms with Crippen LogP contribution in [0.5, 0.6) is 17.2 Å². The number of nitrogens with one attached hydrogen (secondary N) is 2. The average Bonchev–Trinajstić information content (AvgIpc) is 2.98. The second-order valence-corrected chi connectivity index (χ2v) is 7.45. The van der Waals surface area contributed by atoms with Gasteiger partial charge in [-0.25, -0.2) is 9.59 Å². The summed E-state index contributed by atoms with van der Waals surface area (Å²) < 4.78 is 47.5. The Labute approximate surface area is 191 Å². The van der Waals surface area contributed by atoms with Crippen LogP contribution in [0, 0.1) is 0 Å². The first-order valence-corrected chi connectivity index (χ1v) is 10.2. The van der Waals surface area contributed by atoms with E-state index in [9.17, 15) is 37.8 Å². The molecule has 0 aliphatic carbocycles. The van der Waals surface area contributed by atoms with Crippen molar-refractivity contribution < 1.29 is 47.2 Å². The van der Waals surface area contributed by atoms with Crippen molar-refractivity contribution in [2.75, 3.05) is 13.1 Å². The van der Waals surface area contributed by atoms with Crippen molar-refractivity contribution in [3.63, 3.8) is 0 Å². The topological polar surface area (TPSA) is 134 Å². The number of ether oxygens (including phenoxy) is 2. The zero-order chi connectivity index (χ0) is 24.9. The lowest BCUT2D eigenvalue weighted by Crippen LogP contribution is -2.50. The summed E-state index contributed by atoms with van der Waals surface area (Å²) >= 11 is 0. The van der Waals surface area contributed by atoms with Crippen LogP contribution in [-0.2, 0) is 9.53 Å². The van der Waals surface area contributed by atoms with Crippen molar-refractivity contribution in [3.8, 4) is 17.2 Å². The first kappa shape index (κ1) is 24.8. The third kappa shape index (κ3) is 6.16. The highest BCUT2D eigenvalue weighted by Crippen LogP contribution is 2.28. The van der Waals surface area contributed by atoms with Gasteiger partial charge in [0, 0.05) is 12.1 Å². The fourth-order valence-corrected chi connectivity index (χ4v) is 3.33. The van der Waals surface area contributed by atoms with Crippen molar-refractivity contribution in [3.05, 3.63) is 53.6 Å². The minimum atomic E-state index is -5.14. The molecule has 9 nitrogen and oxygen atoms in total. The highest BCUT2D eigenvalue weighted by molar-refractivity contribution is 5.97. The number of carbonyl (C=O) groups excluding carboxylic acids is 3. The Morgan fingerprint density at radius 2 is 1.68 bits per heavy atom. The summed E-state index contributed by atoms with van der Waals surface area (Å²) in [6, 6.07) is 8.03. The van der Waals surface area contributed by atoms with Crippen molar-refractivity contribution >= 4 is 17.8 Å². The summed E-state index contributed by atoms with van der Waals surface area (Å²) in [5, 5.41) is 25.0. The number of rotatable bonds is 5. The predicted molar refractivity (Wildman–Crippen MR) is 110 cm³/mol. The second kappa shape index (κ2) is 10.4. The fourth-order valence-electron chi connectivity index (χ4n) is 3.33. The Kier molecular flexibility index (Phi) is 7.61. The normalized spacial score (nSPS) is 18.4.